The standard InChI is InChI=1S/C21H26N2O4S/c1-3-27-21-7-5-4-6-19(21)16-22-12-14-23(15-13-22)28(25,26)20-10-8-18(9-11-20)17(2)24/h4-11H,3,12-16H2,1-2H3/p+1. The molecule has 150 valence electrons. The van der Waals surface area contributed by atoms with Crippen molar-refractivity contribution in [3.05, 3.63) is 59.7 Å². The van der Waals surface area contributed by atoms with Crippen molar-refractivity contribution in [2.45, 2.75) is 25.3 Å². The van der Waals surface area contributed by atoms with Crippen LogP contribution in [0.3, 0.4) is 0 Å². The van der Waals surface area contributed by atoms with Crippen LogP contribution in [0.1, 0.15) is 29.8 Å². The van der Waals surface area contributed by atoms with E-state index in [1.165, 1.54) is 28.3 Å². The summed E-state index contributed by atoms with van der Waals surface area (Å²) in [6.07, 6.45) is 0. The van der Waals surface area contributed by atoms with Crippen molar-refractivity contribution in [1.29, 1.82) is 0 Å². The van der Waals surface area contributed by atoms with Gasteiger partial charge in [0.1, 0.15) is 12.3 Å². The van der Waals surface area contributed by atoms with E-state index >= 15 is 0 Å². The lowest BCUT2D eigenvalue weighted by Gasteiger charge is -2.31. The number of piperazine rings is 1. The summed E-state index contributed by atoms with van der Waals surface area (Å²) in [6.45, 7) is 7.31. The zero-order valence-corrected chi connectivity index (χ0v) is 17.2. The second-order valence-electron chi connectivity index (χ2n) is 6.95. The molecule has 0 aromatic heterocycles. The van der Waals surface area contributed by atoms with Gasteiger partial charge in [0.25, 0.3) is 0 Å². The molecule has 1 heterocycles. The number of para-hydroxylation sites is 1. The smallest absolute Gasteiger partial charge is 0.243 e. The average Bonchev–Trinajstić information content (AvgIpc) is 2.70. The predicted molar refractivity (Wildman–Crippen MR) is 107 cm³/mol. The molecule has 1 saturated heterocycles. The Bertz CT molecular complexity index is 918. The molecule has 2 aromatic carbocycles. The van der Waals surface area contributed by atoms with Gasteiger partial charge in [-0.1, -0.05) is 24.3 Å². The van der Waals surface area contributed by atoms with Gasteiger partial charge in [0.2, 0.25) is 10.0 Å². The second kappa shape index (κ2) is 8.86. The summed E-state index contributed by atoms with van der Waals surface area (Å²) in [5.41, 5.74) is 1.66. The molecule has 0 bridgehead atoms. The number of ether oxygens (including phenoxy) is 1. The fourth-order valence-electron chi connectivity index (χ4n) is 3.45. The third-order valence-corrected chi connectivity index (χ3v) is 6.95. The normalized spacial score (nSPS) is 16.1. The molecule has 3 rings (SSSR count). The number of benzene rings is 2. The summed E-state index contributed by atoms with van der Waals surface area (Å²) < 4.78 is 33.0. The minimum Gasteiger partial charge on any atom is -0.493 e. The monoisotopic (exact) mass is 403 g/mol. The molecule has 1 fully saturated rings. The molecular weight excluding hydrogens is 376 g/mol. The van der Waals surface area contributed by atoms with Crippen molar-refractivity contribution in [1.82, 2.24) is 4.31 Å². The highest BCUT2D eigenvalue weighted by atomic mass is 32.2. The van der Waals surface area contributed by atoms with Crippen LogP contribution in [-0.4, -0.2) is 51.3 Å². The minimum absolute atomic E-state index is 0.0755. The van der Waals surface area contributed by atoms with Gasteiger partial charge in [-0.15, -0.1) is 0 Å². The van der Waals surface area contributed by atoms with Gasteiger partial charge in [0.05, 0.1) is 37.7 Å². The molecule has 6 nitrogen and oxygen atoms in total. The lowest BCUT2D eigenvalue weighted by molar-refractivity contribution is -0.917. The van der Waals surface area contributed by atoms with Crippen LogP contribution in [0, 0.1) is 0 Å². The number of ketones is 1. The highest BCUT2D eigenvalue weighted by Gasteiger charge is 2.30. The average molecular weight is 404 g/mol. The summed E-state index contributed by atoms with van der Waals surface area (Å²) in [5.74, 6) is 0.826. The van der Waals surface area contributed by atoms with Gasteiger partial charge >= 0.3 is 0 Å². The fourth-order valence-corrected chi connectivity index (χ4v) is 4.89. The number of sulfonamides is 1. The first-order chi connectivity index (χ1) is 13.4. The number of Topliss-reactive ketones (excluding diaryl/α,β-unsaturated/α-hetero) is 1. The number of carbonyl (C=O) groups is 1. The van der Waals surface area contributed by atoms with Crippen LogP contribution in [0.2, 0.25) is 0 Å². The molecule has 0 spiro atoms. The quantitative estimate of drug-likeness (QED) is 0.710. The molecule has 28 heavy (non-hydrogen) atoms. The molecule has 0 amide bonds. The molecule has 0 atom stereocenters. The van der Waals surface area contributed by atoms with E-state index in [0.29, 0.717) is 25.3 Å². The van der Waals surface area contributed by atoms with Crippen molar-refractivity contribution in [3.63, 3.8) is 0 Å². The van der Waals surface area contributed by atoms with Gasteiger partial charge in [0, 0.05) is 11.1 Å². The Morgan fingerprint density at radius 2 is 1.71 bits per heavy atom. The van der Waals surface area contributed by atoms with Crippen LogP contribution < -0.4 is 9.64 Å². The van der Waals surface area contributed by atoms with Crippen molar-refractivity contribution in [2.24, 2.45) is 0 Å². The summed E-state index contributed by atoms with van der Waals surface area (Å²) in [4.78, 5) is 13.0. The SMILES string of the molecule is CCOc1ccccc1C[NH+]1CCN(S(=O)(=O)c2ccc(C(C)=O)cc2)CC1. The molecule has 1 aliphatic heterocycles. The van der Waals surface area contributed by atoms with E-state index in [9.17, 15) is 13.2 Å². The summed E-state index contributed by atoms with van der Waals surface area (Å²) in [6, 6.07) is 14.2. The van der Waals surface area contributed by atoms with E-state index in [4.69, 9.17) is 4.74 Å². The zero-order chi connectivity index (χ0) is 20.1. The molecule has 0 saturated carbocycles. The van der Waals surface area contributed by atoms with Gasteiger partial charge in [0.15, 0.2) is 5.78 Å². The van der Waals surface area contributed by atoms with E-state index in [1.807, 2.05) is 25.1 Å². The van der Waals surface area contributed by atoms with Crippen molar-refractivity contribution in [2.75, 3.05) is 32.8 Å². The Morgan fingerprint density at radius 1 is 1.07 bits per heavy atom. The Balaban J connectivity index is 1.64. The van der Waals surface area contributed by atoms with E-state index in [-0.39, 0.29) is 10.7 Å². The van der Waals surface area contributed by atoms with Gasteiger partial charge in [-0.25, -0.2) is 8.42 Å². The number of hydrogen-bond acceptors (Lipinski definition) is 4. The number of carbonyl (C=O) groups excluding carboxylic acids is 1. The van der Waals surface area contributed by atoms with E-state index in [1.54, 1.807) is 12.1 Å². The van der Waals surface area contributed by atoms with Crippen molar-refractivity contribution >= 4 is 15.8 Å². The van der Waals surface area contributed by atoms with E-state index < -0.39 is 10.0 Å². The van der Waals surface area contributed by atoms with Crippen LogP contribution >= 0.6 is 0 Å². The molecule has 1 aliphatic rings. The summed E-state index contributed by atoms with van der Waals surface area (Å²) in [5, 5.41) is 0. The topological polar surface area (TPSA) is 68.1 Å². The van der Waals surface area contributed by atoms with Gasteiger partial charge < -0.3 is 9.64 Å². The first kappa shape index (κ1) is 20.5. The molecule has 0 aliphatic carbocycles. The van der Waals surface area contributed by atoms with Crippen LogP contribution in [-0.2, 0) is 16.6 Å². The highest BCUT2D eigenvalue weighted by molar-refractivity contribution is 7.89. The number of hydrogen-bond donors (Lipinski definition) is 1. The Kier molecular flexibility index (Phi) is 6.49. The molecule has 2 aromatic rings. The first-order valence-electron chi connectivity index (χ1n) is 9.57. The summed E-state index contributed by atoms with van der Waals surface area (Å²) in [7, 11) is -3.53. The molecule has 7 heteroatoms. The van der Waals surface area contributed by atoms with Crippen LogP contribution in [0.25, 0.3) is 0 Å². The van der Waals surface area contributed by atoms with Crippen LogP contribution in [0.4, 0.5) is 0 Å². The first-order valence-corrected chi connectivity index (χ1v) is 11.0. The lowest BCUT2D eigenvalue weighted by atomic mass is 10.2. The predicted octanol–water partition coefficient (Wildman–Crippen LogP) is 1.38. The minimum atomic E-state index is -3.53. The lowest BCUT2D eigenvalue weighted by Crippen LogP contribution is -3.13. The van der Waals surface area contributed by atoms with E-state index in [2.05, 4.69) is 6.07 Å². The third-order valence-electron chi connectivity index (χ3n) is 5.04. The van der Waals surface area contributed by atoms with Crippen LogP contribution in [0.15, 0.2) is 53.4 Å². The molecule has 0 unspecified atom stereocenters. The third kappa shape index (κ3) is 4.60. The highest BCUT2D eigenvalue weighted by Crippen LogP contribution is 2.18. The maximum atomic E-state index is 12.9. The van der Waals surface area contributed by atoms with E-state index in [0.717, 1.165) is 30.9 Å². The number of rotatable bonds is 7. The van der Waals surface area contributed by atoms with Gasteiger partial charge in [-0.3, -0.25) is 4.79 Å². The second-order valence-corrected chi connectivity index (χ2v) is 8.89. The van der Waals surface area contributed by atoms with Gasteiger partial charge in [-0.2, -0.15) is 4.31 Å². The van der Waals surface area contributed by atoms with Crippen molar-refractivity contribution in [3.8, 4) is 5.75 Å². The number of quaternary nitrogens is 1. The van der Waals surface area contributed by atoms with Crippen molar-refractivity contribution < 1.29 is 22.8 Å². The van der Waals surface area contributed by atoms with Crippen LogP contribution in [0.5, 0.6) is 5.75 Å². The van der Waals surface area contributed by atoms with Gasteiger partial charge in [-0.05, 0) is 38.1 Å². The maximum Gasteiger partial charge on any atom is 0.243 e. The Labute approximate surface area is 166 Å². The fraction of sp³-hybridized carbons (Fsp3) is 0.381. The molecule has 0 radical (unpaired) electrons. The molecular formula is C21H27N2O4S+. The Hall–Kier alpha value is -2.22. The maximum absolute atomic E-state index is 12.9. The number of nitrogens with one attached hydrogen (secondary N) is 1. The molecule has 1 N–H and O–H groups in total. The Morgan fingerprint density at radius 3 is 2.32 bits per heavy atom. The zero-order valence-electron chi connectivity index (χ0n) is 16.3. The number of nitrogens with zero attached hydrogens (tertiary/aromatic N) is 1. The summed E-state index contributed by atoms with van der Waals surface area (Å²) >= 11 is 0. The largest absolute Gasteiger partial charge is 0.493 e.